The lowest BCUT2D eigenvalue weighted by Gasteiger charge is -2.27. The molecule has 0 aliphatic carbocycles. The van der Waals surface area contributed by atoms with Crippen LogP contribution in [0, 0.1) is 23.0 Å². The van der Waals surface area contributed by atoms with E-state index in [1.165, 1.54) is 6.07 Å². The normalized spacial score (nSPS) is 12.0. The predicted molar refractivity (Wildman–Crippen MR) is 79.6 cm³/mol. The van der Waals surface area contributed by atoms with Crippen molar-refractivity contribution in [1.29, 1.82) is 5.26 Å². The van der Waals surface area contributed by atoms with Crippen LogP contribution in [0.5, 0.6) is 0 Å². The number of alkyl halides is 6. The average Bonchev–Trinajstić information content (AvgIpc) is 2.50. The molecule has 144 valence electrons. The van der Waals surface area contributed by atoms with Crippen LogP contribution in [0.2, 0.25) is 0 Å². The smallest absolute Gasteiger partial charge is 0.358 e. The molecule has 2 rings (SSSR count). The van der Waals surface area contributed by atoms with Gasteiger partial charge in [-0.3, -0.25) is 0 Å². The van der Waals surface area contributed by atoms with Gasteiger partial charge in [0, 0.05) is 18.3 Å². The highest BCUT2D eigenvalue weighted by Gasteiger charge is 2.36. The zero-order chi connectivity index (χ0) is 20.4. The first-order chi connectivity index (χ1) is 12.4. The molecule has 0 amide bonds. The number of rotatable bonds is 4. The fourth-order valence-electron chi connectivity index (χ4n) is 2.44. The minimum absolute atomic E-state index is 0.199. The highest BCUT2D eigenvalue weighted by atomic mass is 19.4. The lowest BCUT2D eigenvalue weighted by atomic mass is 10.1. The summed E-state index contributed by atoms with van der Waals surface area (Å²) in [5, 5.41) is 8.77. The quantitative estimate of drug-likeness (QED) is 0.648. The van der Waals surface area contributed by atoms with Crippen molar-refractivity contribution in [3.63, 3.8) is 0 Å². The van der Waals surface area contributed by atoms with E-state index in [-0.39, 0.29) is 5.56 Å². The van der Waals surface area contributed by atoms with Crippen LogP contribution in [0.15, 0.2) is 36.4 Å². The molecule has 2 nitrogen and oxygen atoms in total. The minimum atomic E-state index is -4.96. The molecule has 0 atom stereocenters. The molecule has 2 aromatic carbocycles. The molecule has 0 saturated heterocycles. The summed E-state index contributed by atoms with van der Waals surface area (Å²) >= 11 is 0. The Labute approximate surface area is 148 Å². The third-order valence-corrected chi connectivity index (χ3v) is 3.46. The Bertz CT molecular complexity index is 844. The Hall–Kier alpha value is -2.83. The van der Waals surface area contributed by atoms with Gasteiger partial charge in [-0.15, -0.1) is 0 Å². The van der Waals surface area contributed by atoms with E-state index in [9.17, 15) is 35.1 Å². The Kier molecular flexibility index (Phi) is 5.63. The molecule has 2 aromatic rings. The summed E-state index contributed by atoms with van der Waals surface area (Å²) in [7, 11) is 0. The summed E-state index contributed by atoms with van der Waals surface area (Å²) in [6.45, 7) is -2.36. The van der Waals surface area contributed by atoms with E-state index >= 15 is 0 Å². The largest absolute Gasteiger partial charge is 0.417 e. The first-order valence-electron chi connectivity index (χ1n) is 7.27. The topological polar surface area (TPSA) is 27.0 Å². The first-order valence-corrected chi connectivity index (χ1v) is 7.27. The molecule has 10 heteroatoms. The van der Waals surface area contributed by atoms with E-state index in [1.54, 1.807) is 0 Å². The van der Waals surface area contributed by atoms with Gasteiger partial charge in [0.1, 0.15) is 18.2 Å². The maximum Gasteiger partial charge on any atom is 0.417 e. The second kappa shape index (κ2) is 7.42. The summed E-state index contributed by atoms with van der Waals surface area (Å²) in [6.07, 6.45) is -9.76. The van der Waals surface area contributed by atoms with Crippen molar-refractivity contribution >= 4 is 5.69 Å². The summed E-state index contributed by atoms with van der Waals surface area (Å²) in [5.74, 6) is -2.07. The Balaban J connectivity index is 2.49. The van der Waals surface area contributed by atoms with Gasteiger partial charge in [0.15, 0.2) is 0 Å². The molecule has 0 N–H and O–H groups in total. The van der Waals surface area contributed by atoms with Crippen LogP contribution < -0.4 is 4.90 Å². The third-order valence-electron chi connectivity index (χ3n) is 3.46. The second-order valence-electron chi connectivity index (χ2n) is 5.59. The van der Waals surface area contributed by atoms with Crippen LogP contribution in [0.1, 0.15) is 16.7 Å². The highest BCUT2D eigenvalue weighted by Crippen LogP contribution is 2.35. The van der Waals surface area contributed by atoms with Crippen molar-refractivity contribution in [3.05, 3.63) is 64.7 Å². The number of halogens is 8. The molecule has 0 bridgehead atoms. The van der Waals surface area contributed by atoms with Crippen LogP contribution in [-0.4, -0.2) is 12.7 Å². The summed E-state index contributed by atoms with van der Waals surface area (Å²) < 4.78 is 104. The fourth-order valence-corrected chi connectivity index (χ4v) is 2.44. The molecule has 0 fully saturated rings. The number of anilines is 1. The molecule has 0 aliphatic rings. The highest BCUT2D eigenvalue weighted by molar-refractivity contribution is 5.55. The van der Waals surface area contributed by atoms with Gasteiger partial charge in [0.2, 0.25) is 0 Å². The van der Waals surface area contributed by atoms with E-state index in [2.05, 4.69) is 0 Å². The molecule has 0 radical (unpaired) electrons. The lowest BCUT2D eigenvalue weighted by molar-refractivity contribution is -0.137. The minimum Gasteiger partial charge on any atom is -0.358 e. The second-order valence-corrected chi connectivity index (χ2v) is 5.59. The molecule has 0 aromatic heterocycles. The van der Waals surface area contributed by atoms with Gasteiger partial charge in [-0.05, 0) is 35.9 Å². The van der Waals surface area contributed by atoms with Gasteiger partial charge >= 0.3 is 12.4 Å². The van der Waals surface area contributed by atoms with Crippen molar-refractivity contribution < 1.29 is 35.1 Å². The van der Waals surface area contributed by atoms with Crippen LogP contribution in [0.4, 0.5) is 40.8 Å². The summed E-state index contributed by atoms with van der Waals surface area (Å²) in [6, 6.07) is 5.45. The number of nitrogens with zero attached hydrogens (tertiary/aromatic N) is 2. The van der Waals surface area contributed by atoms with Gasteiger partial charge < -0.3 is 4.90 Å². The van der Waals surface area contributed by atoms with Gasteiger partial charge in [-0.2, -0.15) is 31.6 Å². The average molecular weight is 394 g/mol. The lowest BCUT2D eigenvalue weighted by Crippen LogP contribution is -2.34. The fraction of sp³-hybridized carbons (Fsp3) is 0.235. The Morgan fingerprint density at radius 1 is 0.889 bits per heavy atom. The number of benzene rings is 2. The molecule has 0 saturated carbocycles. The van der Waals surface area contributed by atoms with E-state index < -0.39 is 53.9 Å². The molecule has 0 unspecified atom stereocenters. The maximum atomic E-state index is 13.3. The van der Waals surface area contributed by atoms with Crippen molar-refractivity contribution in [2.24, 2.45) is 0 Å². The van der Waals surface area contributed by atoms with Gasteiger partial charge in [-0.1, -0.05) is 0 Å². The monoisotopic (exact) mass is 394 g/mol. The molecule has 0 spiro atoms. The van der Waals surface area contributed by atoms with Crippen LogP contribution >= 0.6 is 0 Å². The van der Waals surface area contributed by atoms with E-state index in [4.69, 9.17) is 5.26 Å². The Morgan fingerprint density at radius 3 is 1.96 bits per heavy atom. The standard InChI is InChI=1S/C17H10F8N2/c18-12-3-10(4-13(19)5-12)8-27(9-16(20,21)22)14-2-1-11(7-26)15(6-14)17(23,24)25/h1-6H,8-9H2. The molecule has 0 heterocycles. The van der Waals surface area contributed by atoms with Crippen molar-refractivity contribution in [3.8, 4) is 6.07 Å². The van der Waals surface area contributed by atoms with Crippen LogP contribution in [0.25, 0.3) is 0 Å². The van der Waals surface area contributed by atoms with E-state index in [1.807, 2.05) is 0 Å². The zero-order valence-corrected chi connectivity index (χ0v) is 13.3. The van der Waals surface area contributed by atoms with Crippen LogP contribution in [-0.2, 0) is 12.7 Å². The zero-order valence-electron chi connectivity index (χ0n) is 13.3. The predicted octanol–water partition coefficient (Wildman–Crippen LogP) is 5.42. The molecular formula is C17H10F8N2. The van der Waals surface area contributed by atoms with E-state index in [0.717, 1.165) is 24.3 Å². The van der Waals surface area contributed by atoms with Crippen molar-refractivity contribution in [2.45, 2.75) is 18.9 Å². The number of nitriles is 1. The van der Waals surface area contributed by atoms with Crippen molar-refractivity contribution in [1.82, 2.24) is 0 Å². The van der Waals surface area contributed by atoms with Crippen LogP contribution in [0.3, 0.4) is 0 Å². The molecular weight excluding hydrogens is 384 g/mol. The van der Waals surface area contributed by atoms with Gasteiger partial charge in [-0.25, -0.2) is 8.78 Å². The summed E-state index contributed by atoms with van der Waals surface area (Å²) in [5.41, 5.74) is -2.85. The SMILES string of the molecule is N#Cc1ccc(N(Cc2cc(F)cc(F)c2)CC(F)(F)F)cc1C(F)(F)F. The molecule has 27 heavy (non-hydrogen) atoms. The van der Waals surface area contributed by atoms with Crippen molar-refractivity contribution in [2.75, 3.05) is 11.4 Å². The van der Waals surface area contributed by atoms with E-state index in [0.29, 0.717) is 17.0 Å². The first kappa shape index (κ1) is 20.5. The van der Waals surface area contributed by atoms with Gasteiger partial charge in [0.25, 0.3) is 0 Å². The van der Waals surface area contributed by atoms with Gasteiger partial charge in [0.05, 0.1) is 17.2 Å². The number of hydrogen-bond acceptors (Lipinski definition) is 2. The Morgan fingerprint density at radius 2 is 1.48 bits per heavy atom. The number of hydrogen-bond donors (Lipinski definition) is 0. The molecule has 0 aliphatic heterocycles. The maximum absolute atomic E-state index is 13.3. The third kappa shape index (κ3) is 5.57. The summed E-state index contributed by atoms with van der Waals surface area (Å²) in [4.78, 5) is 0.491.